The van der Waals surface area contributed by atoms with Crippen LogP contribution in [0, 0.1) is 0 Å². The zero-order valence-electron chi connectivity index (χ0n) is 11.3. The molecular weight excluding hydrogens is 292 g/mol. The Morgan fingerprint density at radius 3 is 3.14 bits per heavy atom. The maximum absolute atomic E-state index is 11.9. The van der Waals surface area contributed by atoms with E-state index < -0.39 is 0 Å². The summed E-state index contributed by atoms with van der Waals surface area (Å²) < 4.78 is 1.87. The number of rotatable bonds is 4. The van der Waals surface area contributed by atoms with Crippen molar-refractivity contribution in [2.45, 2.75) is 25.4 Å². The lowest BCUT2D eigenvalue weighted by Gasteiger charge is -2.23. The number of aromatic nitrogens is 4. The van der Waals surface area contributed by atoms with Gasteiger partial charge in [0.15, 0.2) is 0 Å². The third-order valence-corrected chi connectivity index (χ3v) is 3.58. The molecule has 1 aliphatic heterocycles. The average Bonchev–Trinajstić information content (AvgIpc) is 2.95. The highest BCUT2D eigenvalue weighted by Gasteiger charge is 2.19. The third kappa shape index (κ3) is 3.56. The zero-order chi connectivity index (χ0) is 14.7. The van der Waals surface area contributed by atoms with E-state index in [1.54, 1.807) is 18.5 Å². The molecule has 1 aliphatic rings. The van der Waals surface area contributed by atoms with Crippen molar-refractivity contribution < 1.29 is 4.79 Å². The van der Waals surface area contributed by atoms with Crippen molar-refractivity contribution in [1.82, 2.24) is 25.1 Å². The molecule has 2 aromatic rings. The average molecular weight is 307 g/mol. The van der Waals surface area contributed by atoms with E-state index in [9.17, 15) is 4.79 Å². The minimum atomic E-state index is -0.130. The van der Waals surface area contributed by atoms with Crippen LogP contribution in [-0.4, -0.2) is 38.2 Å². The number of nitrogens with zero attached hydrogens (tertiary/aromatic N) is 4. The Morgan fingerprint density at radius 2 is 2.33 bits per heavy atom. The van der Waals surface area contributed by atoms with Crippen LogP contribution >= 0.6 is 11.6 Å². The molecule has 0 aromatic carbocycles. The van der Waals surface area contributed by atoms with Crippen LogP contribution in [0.3, 0.4) is 0 Å². The first-order chi connectivity index (χ1) is 10.2. The molecule has 2 N–H and O–H groups in total. The summed E-state index contributed by atoms with van der Waals surface area (Å²) in [4.78, 5) is 20.1. The molecule has 0 bridgehead atoms. The van der Waals surface area contributed by atoms with E-state index in [-0.39, 0.29) is 18.5 Å². The molecular formula is C13H15ClN6O. The Morgan fingerprint density at radius 1 is 1.43 bits per heavy atom. The molecule has 3 rings (SSSR count). The van der Waals surface area contributed by atoms with E-state index in [0.717, 1.165) is 25.2 Å². The molecule has 8 heteroatoms. The van der Waals surface area contributed by atoms with E-state index in [2.05, 4.69) is 25.7 Å². The van der Waals surface area contributed by atoms with Crippen molar-refractivity contribution in [1.29, 1.82) is 0 Å². The Hall–Kier alpha value is -1.99. The smallest absolute Gasteiger partial charge is 0.239 e. The number of hydrogen-bond acceptors (Lipinski definition) is 5. The van der Waals surface area contributed by atoms with Crippen molar-refractivity contribution in [3.05, 3.63) is 35.5 Å². The van der Waals surface area contributed by atoms with Crippen LogP contribution < -0.4 is 10.6 Å². The van der Waals surface area contributed by atoms with Crippen molar-refractivity contribution >= 4 is 23.3 Å². The van der Waals surface area contributed by atoms with Gasteiger partial charge in [0.2, 0.25) is 5.91 Å². The van der Waals surface area contributed by atoms with Gasteiger partial charge in [0.05, 0.1) is 18.1 Å². The largest absolute Gasteiger partial charge is 0.310 e. The normalized spacial score (nSPS) is 17.3. The van der Waals surface area contributed by atoms with Gasteiger partial charge < -0.3 is 10.6 Å². The highest BCUT2D eigenvalue weighted by Crippen LogP contribution is 2.11. The number of halogens is 1. The number of hydrogen-bond donors (Lipinski definition) is 2. The third-order valence-electron chi connectivity index (χ3n) is 3.35. The lowest BCUT2D eigenvalue weighted by Crippen LogP contribution is -2.41. The highest BCUT2D eigenvalue weighted by molar-refractivity contribution is 6.30. The number of anilines is 1. The molecule has 1 amide bonds. The second-order valence-electron chi connectivity index (χ2n) is 4.88. The van der Waals surface area contributed by atoms with Gasteiger partial charge in [-0.2, -0.15) is 5.10 Å². The topological polar surface area (TPSA) is 84.7 Å². The number of aryl methyl sites for hydroxylation is 1. The summed E-state index contributed by atoms with van der Waals surface area (Å²) in [5.74, 6) is 1.37. The second kappa shape index (κ2) is 6.19. The van der Waals surface area contributed by atoms with E-state index in [1.165, 1.54) is 6.20 Å². The minimum Gasteiger partial charge on any atom is -0.310 e. The van der Waals surface area contributed by atoms with E-state index >= 15 is 0 Å². The van der Waals surface area contributed by atoms with Crippen molar-refractivity contribution in [3.8, 4) is 0 Å². The Labute approximate surface area is 126 Å². The van der Waals surface area contributed by atoms with Crippen LogP contribution in [0.1, 0.15) is 12.2 Å². The summed E-state index contributed by atoms with van der Waals surface area (Å²) in [6.07, 6.45) is 4.89. The first-order valence-corrected chi connectivity index (χ1v) is 7.10. The summed E-state index contributed by atoms with van der Waals surface area (Å²) in [6.45, 7) is 0.973. The predicted octanol–water partition coefficient (Wildman–Crippen LogP) is 0.870. The predicted molar refractivity (Wildman–Crippen MR) is 78.0 cm³/mol. The number of amides is 1. The number of pyridine rings is 1. The van der Waals surface area contributed by atoms with Gasteiger partial charge in [-0.15, -0.1) is 0 Å². The molecule has 0 aliphatic carbocycles. The molecule has 7 nitrogen and oxygen atoms in total. The number of carbonyl (C=O) groups excluding carboxylic acids is 1. The van der Waals surface area contributed by atoms with Gasteiger partial charge in [0.1, 0.15) is 18.0 Å². The van der Waals surface area contributed by atoms with Crippen LogP contribution in [0.25, 0.3) is 0 Å². The molecule has 0 saturated carbocycles. The summed E-state index contributed by atoms with van der Waals surface area (Å²) in [5.41, 5.74) is 0. The molecule has 0 fully saturated rings. The van der Waals surface area contributed by atoms with Gasteiger partial charge in [-0.3, -0.25) is 4.79 Å². The number of fused-ring (bicyclic) bond motifs is 1. The summed E-state index contributed by atoms with van der Waals surface area (Å²) in [7, 11) is 0. The monoisotopic (exact) mass is 306 g/mol. The van der Waals surface area contributed by atoms with Crippen molar-refractivity contribution in [3.63, 3.8) is 0 Å². The maximum Gasteiger partial charge on any atom is 0.239 e. The van der Waals surface area contributed by atoms with Gasteiger partial charge in [-0.05, 0) is 18.6 Å². The summed E-state index contributed by atoms with van der Waals surface area (Å²) >= 11 is 5.74. The van der Waals surface area contributed by atoms with Gasteiger partial charge in [0.25, 0.3) is 0 Å². The Balaban J connectivity index is 1.47. The van der Waals surface area contributed by atoms with E-state index in [0.29, 0.717) is 10.8 Å². The lowest BCUT2D eigenvalue weighted by atomic mass is 10.1. The first kappa shape index (κ1) is 14.0. The molecule has 0 unspecified atom stereocenters. The fourth-order valence-electron chi connectivity index (χ4n) is 2.28. The fourth-order valence-corrected chi connectivity index (χ4v) is 2.39. The van der Waals surface area contributed by atoms with Gasteiger partial charge in [-0.1, -0.05) is 11.6 Å². The summed E-state index contributed by atoms with van der Waals surface area (Å²) in [6, 6.07) is 3.58. The molecule has 2 aromatic heterocycles. The molecule has 21 heavy (non-hydrogen) atoms. The lowest BCUT2D eigenvalue weighted by molar-refractivity contribution is -0.115. The van der Waals surface area contributed by atoms with Gasteiger partial charge in [-0.25, -0.2) is 14.6 Å². The van der Waals surface area contributed by atoms with Crippen LogP contribution in [0.15, 0.2) is 24.7 Å². The molecule has 0 spiro atoms. The Bertz CT molecular complexity index is 626. The molecule has 110 valence electrons. The maximum atomic E-state index is 11.9. The summed E-state index contributed by atoms with van der Waals surface area (Å²) in [5, 5.41) is 10.6. The van der Waals surface area contributed by atoms with Crippen LogP contribution in [0.4, 0.5) is 5.82 Å². The number of carbonyl (C=O) groups is 1. The number of nitrogens with one attached hydrogen (secondary N) is 2. The molecule has 0 radical (unpaired) electrons. The Kier molecular flexibility index (Phi) is 4.12. The molecule has 3 heterocycles. The highest BCUT2D eigenvalue weighted by atomic mass is 35.5. The minimum absolute atomic E-state index is 0.130. The zero-order valence-corrected chi connectivity index (χ0v) is 12.0. The molecule has 0 saturated heterocycles. The second-order valence-corrected chi connectivity index (χ2v) is 5.32. The SMILES string of the molecule is O=C(CN[C@@H]1CCc2ncnn2C1)Nc1ccc(Cl)cn1. The molecule has 1 atom stereocenters. The quantitative estimate of drug-likeness (QED) is 0.875. The van der Waals surface area contributed by atoms with E-state index in [4.69, 9.17) is 11.6 Å². The fraction of sp³-hybridized carbons (Fsp3) is 0.385. The van der Waals surface area contributed by atoms with Crippen LogP contribution in [0.5, 0.6) is 0 Å². The standard InChI is InChI=1S/C13H15ClN6O/c14-9-1-3-11(16-5-9)19-13(21)6-15-10-2-4-12-17-8-18-20(12)7-10/h1,3,5,8,10,15H,2,4,6-7H2,(H,16,19,21)/t10-/m1/s1. The van der Waals surface area contributed by atoms with Crippen LogP contribution in [0.2, 0.25) is 5.02 Å². The van der Waals surface area contributed by atoms with Crippen molar-refractivity contribution in [2.75, 3.05) is 11.9 Å². The van der Waals surface area contributed by atoms with Gasteiger partial charge >= 0.3 is 0 Å². The first-order valence-electron chi connectivity index (χ1n) is 6.72. The van der Waals surface area contributed by atoms with Gasteiger partial charge in [0, 0.05) is 18.7 Å². The van der Waals surface area contributed by atoms with Crippen LogP contribution in [-0.2, 0) is 17.8 Å². The van der Waals surface area contributed by atoms with Crippen molar-refractivity contribution in [2.24, 2.45) is 0 Å². The van der Waals surface area contributed by atoms with E-state index in [1.807, 2.05) is 4.68 Å².